The first kappa shape index (κ1) is 13.8. The molecule has 1 aromatic heterocycles. The van der Waals surface area contributed by atoms with Crippen molar-refractivity contribution in [1.29, 1.82) is 0 Å². The van der Waals surface area contributed by atoms with Crippen LogP contribution in [0.25, 0.3) is 0 Å². The third-order valence-electron chi connectivity index (χ3n) is 3.08. The number of carbonyl (C=O) groups excluding carboxylic acids is 1. The van der Waals surface area contributed by atoms with Crippen LogP contribution >= 0.6 is 11.3 Å². The molecule has 0 unspecified atom stereocenters. The van der Waals surface area contributed by atoms with Crippen LogP contribution in [-0.4, -0.2) is 11.9 Å². The zero-order valence-corrected chi connectivity index (χ0v) is 11.9. The van der Waals surface area contributed by atoms with Crippen molar-refractivity contribution in [3.63, 3.8) is 0 Å². The maximum Gasteiger partial charge on any atom is 0.234 e. The van der Waals surface area contributed by atoms with Crippen molar-refractivity contribution < 1.29 is 4.79 Å². The van der Waals surface area contributed by atoms with Crippen molar-refractivity contribution in [1.82, 2.24) is 5.32 Å². The molecule has 0 saturated carbocycles. The molecule has 3 N–H and O–H groups in total. The van der Waals surface area contributed by atoms with Crippen LogP contribution in [0, 0.1) is 6.92 Å². The molecule has 0 aliphatic carbocycles. The number of benzene rings is 1. The monoisotopic (exact) mass is 274 g/mol. The molecule has 1 amide bonds. The van der Waals surface area contributed by atoms with Gasteiger partial charge in [-0.3, -0.25) is 10.1 Å². The highest BCUT2D eigenvalue weighted by atomic mass is 32.1. The molecule has 0 fully saturated rings. The number of aryl methyl sites for hydroxylation is 1. The molecule has 3 nitrogen and oxygen atoms in total. The number of amides is 1. The van der Waals surface area contributed by atoms with E-state index >= 15 is 0 Å². The smallest absolute Gasteiger partial charge is 0.234 e. The Kier molecular flexibility index (Phi) is 4.35. The van der Waals surface area contributed by atoms with E-state index in [1.807, 2.05) is 11.4 Å². The van der Waals surface area contributed by atoms with Gasteiger partial charge in [0.25, 0.3) is 0 Å². The molecule has 4 heteroatoms. The van der Waals surface area contributed by atoms with Gasteiger partial charge in [-0.05, 0) is 30.9 Å². The summed E-state index contributed by atoms with van der Waals surface area (Å²) in [7, 11) is 0. The number of rotatable bonds is 5. The largest absolute Gasteiger partial charge is 0.368 e. The number of hydrogen-bond donors (Lipinski definition) is 2. The Balaban J connectivity index is 2.29. The predicted octanol–water partition coefficient (Wildman–Crippen LogP) is 2.61. The van der Waals surface area contributed by atoms with E-state index in [4.69, 9.17) is 5.73 Å². The Morgan fingerprint density at radius 3 is 2.47 bits per heavy atom. The quantitative estimate of drug-likeness (QED) is 0.880. The van der Waals surface area contributed by atoms with Crippen LogP contribution in [0.15, 0.2) is 41.8 Å². The van der Waals surface area contributed by atoms with Gasteiger partial charge < -0.3 is 5.73 Å². The molecule has 2 aromatic rings. The van der Waals surface area contributed by atoms with Crippen LogP contribution in [0.1, 0.15) is 29.0 Å². The highest BCUT2D eigenvalue weighted by Gasteiger charge is 2.19. The van der Waals surface area contributed by atoms with E-state index < -0.39 is 0 Å². The van der Waals surface area contributed by atoms with E-state index in [1.165, 1.54) is 10.4 Å². The Morgan fingerprint density at radius 1 is 1.26 bits per heavy atom. The van der Waals surface area contributed by atoms with E-state index in [1.54, 1.807) is 18.3 Å². The van der Waals surface area contributed by atoms with Crippen molar-refractivity contribution in [2.75, 3.05) is 0 Å². The standard InChI is InChI=1S/C15H18N2OS/c1-10-5-7-12(8-6-10)14(13-4-3-9-19-13)17-11(2)15(16)18/h3-9,11,14,17H,1-2H3,(H2,16,18)/t11-,14+/m1/s1. The van der Waals surface area contributed by atoms with Crippen molar-refractivity contribution in [3.8, 4) is 0 Å². The number of carbonyl (C=O) groups is 1. The van der Waals surface area contributed by atoms with Gasteiger partial charge in [0.2, 0.25) is 5.91 Å². The van der Waals surface area contributed by atoms with Crippen molar-refractivity contribution in [2.45, 2.75) is 25.9 Å². The molecule has 0 radical (unpaired) electrons. The molecular weight excluding hydrogens is 256 g/mol. The third-order valence-corrected chi connectivity index (χ3v) is 4.02. The summed E-state index contributed by atoms with van der Waals surface area (Å²) in [5.74, 6) is -0.339. The van der Waals surface area contributed by atoms with Crippen LogP contribution in [-0.2, 0) is 4.79 Å². The summed E-state index contributed by atoms with van der Waals surface area (Å²) in [4.78, 5) is 12.4. The van der Waals surface area contributed by atoms with E-state index in [-0.39, 0.29) is 18.0 Å². The number of primary amides is 1. The van der Waals surface area contributed by atoms with Gasteiger partial charge in [0.1, 0.15) is 0 Å². The second-order valence-corrected chi connectivity index (χ2v) is 5.63. The Labute approximate surface area is 117 Å². The minimum atomic E-state index is -0.367. The molecule has 0 spiro atoms. The van der Waals surface area contributed by atoms with E-state index in [2.05, 4.69) is 42.6 Å². The Morgan fingerprint density at radius 2 is 1.95 bits per heavy atom. The summed E-state index contributed by atoms with van der Waals surface area (Å²) in [6.45, 7) is 3.85. The highest BCUT2D eigenvalue weighted by molar-refractivity contribution is 7.10. The first-order valence-electron chi connectivity index (χ1n) is 6.23. The zero-order valence-electron chi connectivity index (χ0n) is 11.1. The molecular formula is C15H18N2OS. The number of nitrogens with two attached hydrogens (primary N) is 1. The van der Waals surface area contributed by atoms with E-state index in [0.29, 0.717) is 0 Å². The summed E-state index contributed by atoms with van der Waals surface area (Å²) in [5, 5.41) is 5.33. The average Bonchev–Trinajstić information content (AvgIpc) is 2.90. The van der Waals surface area contributed by atoms with E-state index in [9.17, 15) is 4.79 Å². The lowest BCUT2D eigenvalue weighted by atomic mass is 10.0. The maximum atomic E-state index is 11.3. The lowest BCUT2D eigenvalue weighted by Crippen LogP contribution is -2.40. The molecule has 0 aliphatic rings. The molecule has 0 aliphatic heterocycles. The summed E-state index contributed by atoms with van der Waals surface area (Å²) in [6.07, 6.45) is 0. The second kappa shape index (κ2) is 5.99. The lowest BCUT2D eigenvalue weighted by molar-refractivity contribution is -0.119. The van der Waals surface area contributed by atoms with Crippen LogP contribution in [0.5, 0.6) is 0 Å². The first-order chi connectivity index (χ1) is 9.08. The van der Waals surface area contributed by atoms with Crippen molar-refractivity contribution in [3.05, 3.63) is 57.8 Å². The third kappa shape index (κ3) is 3.43. The summed E-state index contributed by atoms with van der Waals surface area (Å²) in [6, 6.07) is 12.0. The van der Waals surface area contributed by atoms with Gasteiger partial charge in [0.15, 0.2) is 0 Å². The average molecular weight is 274 g/mol. The topological polar surface area (TPSA) is 55.1 Å². The zero-order chi connectivity index (χ0) is 13.8. The van der Waals surface area contributed by atoms with Gasteiger partial charge in [-0.25, -0.2) is 0 Å². The van der Waals surface area contributed by atoms with E-state index in [0.717, 1.165) is 5.56 Å². The lowest BCUT2D eigenvalue weighted by Gasteiger charge is -2.21. The normalized spacial score (nSPS) is 14.0. The van der Waals surface area contributed by atoms with Gasteiger partial charge in [0.05, 0.1) is 12.1 Å². The minimum absolute atomic E-state index is 0.00287. The number of thiophene rings is 1. The molecule has 100 valence electrons. The summed E-state index contributed by atoms with van der Waals surface area (Å²) in [5.41, 5.74) is 7.70. The molecule has 2 rings (SSSR count). The van der Waals surface area contributed by atoms with Crippen molar-refractivity contribution >= 4 is 17.2 Å². The first-order valence-corrected chi connectivity index (χ1v) is 7.11. The predicted molar refractivity (Wildman–Crippen MR) is 79.1 cm³/mol. The molecule has 19 heavy (non-hydrogen) atoms. The van der Waals surface area contributed by atoms with Crippen LogP contribution in [0.4, 0.5) is 0 Å². The molecule has 0 saturated heterocycles. The van der Waals surface area contributed by atoms with Crippen molar-refractivity contribution in [2.24, 2.45) is 5.73 Å². The van der Waals surface area contributed by atoms with Gasteiger partial charge in [-0.15, -0.1) is 11.3 Å². The second-order valence-electron chi connectivity index (χ2n) is 4.65. The molecule has 0 bridgehead atoms. The fraction of sp³-hybridized carbons (Fsp3) is 0.267. The highest BCUT2D eigenvalue weighted by Crippen LogP contribution is 2.26. The van der Waals surface area contributed by atoms with Crippen LogP contribution < -0.4 is 11.1 Å². The van der Waals surface area contributed by atoms with Gasteiger partial charge in [-0.1, -0.05) is 35.9 Å². The SMILES string of the molecule is Cc1ccc([C@H](N[C@H](C)C(N)=O)c2cccs2)cc1. The fourth-order valence-electron chi connectivity index (χ4n) is 1.89. The van der Waals surface area contributed by atoms with Crippen LogP contribution in [0.2, 0.25) is 0 Å². The van der Waals surface area contributed by atoms with Gasteiger partial charge in [0, 0.05) is 4.88 Å². The van der Waals surface area contributed by atoms with Crippen LogP contribution in [0.3, 0.4) is 0 Å². The summed E-state index contributed by atoms with van der Waals surface area (Å²) < 4.78 is 0. The minimum Gasteiger partial charge on any atom is -0.368 e. The fourth-order valence-corrected chi connectivity index (χ4v) is 2.70. The summed E-state index contributed by atoms with van der Waals surface area (Å²) >= 11 is 1.67. The maximum absolute atomic E-state index is 11.3. The molecule has 1 heterocycles. The number of nitrogens with one attached hydrogen (secondary N) is 1. The Hall–Kier alpha value is -1.65. The molecule has 1 aromatic carbocycles. The van der Waals surface area contributed by atoms with Gasteiger partial charge >= 0.3 is 0 Å². The number of hydrogen-bond acceptors (Lipinski definition) is 3. The Bertz CT molecular complexity index is 534. The molecule has 2 atom stereocenters. The van der Waals surface area contributed by atoms with Gasteiger partial charge in [-0.2, -0.15) is 0 Å².